The van der Waals surface area contributed by atoms with Gasteiger partial charge in [-0.15, -0.1) is 0 Å². The van der Waals surface area contributed by atoms with Crippen LogP contribution in [0.5, 0.6) is 0 Å². The van der Waals surface area contributed by atoms with Crippen LogP contribution in [-0.4, -0.2) is 18.0 Å². The van der Waals surface area contributed by atoms with Crippen molar-refractivity contribution >= 4 is 15.9 Å². The molecule has 3 heteroatoms. The van der Waals surface area contributed by atoms with Crippen LogP contribution in [0.4, 0.5) is 4.39 Å². The van der Waals surface area contributed by atoms with E-state index in [4.69, 9.17) is 0 Å². The molecule has 0 radical (unpaired) electrons. The maximum Gasteiger partial charge on any atom is 0.128 e. The van der Waals surface area contributed by atoms with E-state index in [1.807, 2.05) is 12.1 Å². The summed E-state index contributed by atoms with van der Waals surface area (Å²) in [7, 11) is 0. The van der Waals surface area contributed by atoms with E-state index in [2.05, 4.69) is 27.8 Å². The Kier molecular flexibility index (Phi) is 3.42. The fourth-order valence-electron chi connectivity index (χ4n) is 2.06. The van der Waals surface area contributed by atoms with E-state index in [0.29, 0.717) is 0 Å². The van der Waals surface area contributed by atoms with Crippen molar-refractivity contribution in [2.75, 3.05) is 13.1 Å². The second-order valence-electron chi connectivity index (χ2n) is 4.36. The number of hydrogen-bond donors (Lipinski definition) is 0. The van der Waals surface area contributed by atoms with E-state index in [-0.39, 0.29) is 5.82 Å². The molecule has 0 N–H and O–H groups in total. The maximum atomic E-state index is 13.5. The second kappa shape index (κ2) is 4.62. The van der Waals surface area contributed by atoms with Crippen molar-refractivity contribution in [3.63, 3.8) is 0 Å². The summed E-state index contributed by atoms with van der Waals surface area (Å²) >= 11 is 3.26. The van der Waals surface area contributed by atoms with Gasteiger partial charge in [-0.2, -0.15) is 0 Å². The summed E-state index contributed by atoms with van der Waals surface area (Å²) in [5, 5.41) is 0. The van der Waals surface area contributed by atoms with Crippen LogP contribution in [0.2, 0.25) is 0 Å². The minimum absolute atomic E-state index is 0.107. The standard InChI is InChI=1S/C12H15BrFN/c1-9-4-5-15(7-9)8-10-2-3-11(13)6-12(10)14/h2-3,6,9H,4-5,7-8H2,1H3. The highest BCUT2D eigenvalue weighted by molar-refractivity contribution is 9.10. The summed E-state index contributed by atoms with van der Waals surface area (Å²) in [6, 6.07) is 5.30. The van der Waals surface area contributed by atoms with E-state index in [1.165, 1.54) is 12.5 Å². The maximum absolute atomic E-state index is 13.5. The highest BCUT2D eigenvalue weighted by Crippen LogP contribution is 2.21. The lowest BCUT2D eigenvalue weighted by Crippen LogP contribution is -2.20. The molecule has 82 valence electrons. The SMILES string of the molecule is CC1CCN(Cc2ccc(Br)cc2F)C1. The van der Waals surface area contributed by atoms with Gasteiger partial charge in [0.05, 0.1) is 0 Å². The third-order valence-corrected chi connectivity index (χ3v) is 3.41. The Labute approximate surface area is 98.4 Å². The summed E-state index contributed by atoms with van der Waals surface area (Å²) in [6.07, 6.45) is 1.23. The highest BCUT2D eigenvalue weighted by Gasteiger charge is 2.19. The van der Waals surface area contributed by atoms with Gasteiger partial charge < -0.3 is 0 Å². The van der Waals surface area contributed by atoms with Crippen LogP contribution in [0.1, 0.15) is 18.9 Å². The molecule has 1 aliphatic heterocycles. The van der Waals surface area contributed by atoms with Gasteiger partial charge in [-0.05, 0) is 31.0 Å². The van der Waals surface area contributed by atoms with Crippen molar-refractivity contribution in [1.82, 2.24) is 4.90 Å². The third kappa shape index (κ3) is 2.79. The highest BCUT2D eigenvalue weighted by atomic mass is 79.9. The summed E-state index contributed by atoms with van der Waals surface area (Å²) in [6.45, 7) is 5.17. The monoisotopic (exact) mass is 271 g/mol. The van der Waals surface area contributed by atoms with Crippen molar-refractivity contribution in [2.24, 2.45) is 5.92 Å². The molecule has 0 aromatic heterocycles. The van der Waals surface area contributed by atoms with Crippen LogP contribution in [-0.2, 0) is 6.54 Å². The Bertz CT molecular complexity index is 353. The van der Waals surface area contributed by atoms with Gasteiger partial charge in [-0.1, -0.05) is 28.9 Å². The molecule has 1 saturated heterocycles. The Morgan fingerprint density at radius 1 is 1.53 bits per heavy atom. The first-order valence-electron chi connectivity index (χ1n) is 5.31. The summed E-state index contributed by atoms with van der Waals surface area (Å²) < 4.78 is 14.3. The Morgan fingerprint density at radius 3 is 2.93 bits per heavy atom. The normalized spacial score (nSPS) is 22.2. The number of likely N-dealkylation sites (tertiary alicyclic amines) is 1. The van der Waals surface area contributed by atoms with E-state index in [1.54, 1.807) is 0 Å². The molecule has 0 amide bonds. The van der Waals surface area contributed by atoms with Gasteiger partial charge >= 0.3 is 0 Å². The minimum Gasteiger partial charge on any atom is -0.299 e. The molecule has 1 heterocycles. The van der Waals surface area contributed by atoms with Crippen LogP contribution in [0.3, 0.4) is 0 Å². The van der Waals surface area contributed by atoms with Crippen molar-refractivity contribution < 1.29 is 4.39 Å². The first kappa shape index (κ1) is 11.1. The largest absolute Gasteiger partial charge is 0.299 e. The van der Waals surface area contributed by atoms with Gasteiger partial charge in [0.15, 0.2) is 0 Å². The smallest absolute Gasteiger partial charge is 0.128 e. The number of halogens is 2. The summed E-state index contributed by atoms with van der Waals surface area (Å²) in [5.74, 6) is 0.646. The van der Waals surface area contributed by atoms with Gasteiger partial charge in [0.2, 0.25) is 0 Å². The van der Waals surface area contributed by atoms with Crippen LogP contribution in [0.15, 0.2) is 22.7 Å². The first-order chi connectivity index (χ1) is 7.15. The Hall–Kier alpha value is -0.410. The van der Waals surface area contributed by atoms with Gasteiger partial charge in [-0.25, -0.2) is 4.39 Å². The quantitative estimate of drug-likeness (QED) is 0.797. The topological polar surface area (TPSA) is 3.24 Å². The fourth-order valence-corrected chi connectivity index (χ4v) is 2.39. The van der Waals surface area contributed by atoms with Crippen molar-refractivity contribution in [3.8, 4) is 0 Å². The molecule has 1 aliphatic rings. The average molecular weight is 272 g/mol. The number of hydrogen-bond acceptors (Lipinski definition) is 1. The predicted molar refractivity (Wildman–Crippen MR) is 63.2 cm³/mol. The fraction of sp³-hybridized carbons (Fsp3) is 0.500. The molecule has 1 aromatic carbocycles. The molecule has 0 saturated carbocycles. The van der Waals surface area contributed by atoms with Crippen molar-refractivity contribution in [1.29, 1.82) is 0 Å². The zero-order valence-corrected chi connectivity index (χ0v) is 10.4. The Morgan fingerprint density at radius 2 is 2.33 bits per heavy atom. The van der Waals surface area contributed by atoms with E-state index < -0.39 is 0 Å². The molecule has 1 fully saturated rings. The van der Waals surface area contributed by atoms with Crippen molar-refractivity contribution in [2.45, 2.75) is 19.9 Å². The predicted octanol–water partition coefficient (Wildman–Crippen LogP) is 3.43. The first-order valence-corrected chi connectivity index (χ1v) is 6.11. The van der Waals surface area contributed by atoms with Crippen molar-refractivity contribution in [3.05, 3.63) is 34.1 Å². The zero-order chi connectivity index (χ0) is 10.8. The van der Waals surface area contributed by atoms with Gasteiger partial charge in [0.25, 0.3) is 0 Å². The van der Waals surface area contributed by atoms with E-state index in [0.717, 1.165) is 35.6 Å². The minimum atomic E-state index is -0.107. The molecule has 0 aliphatic carbocycles. The Balaban J connectivity index is 2.04. The molecule has 1 aromatic rings. The van der Waals surface area contributed by atoms with Crippen LogP contribution in [0, 0.1) is 11.7 Å². The lowest BCUT2D eigenvalue weighted by Gasteiger charge is -2.15. The van der Waals surface area contributed by atoms with Crippen LogP contribution in [0.25, 0.3) is 0 Å². The van der Waals surface area contributed by atoms with Crippen LogP contribution < -0.4 is 0 Å². The third-order valence-electron chi connectivity index (χ3n) is 2.92. The van der Waals surface area contributed by atoms with E-state index in [9.17, 15) is 4.39 Å². The molecule has 15 heavy (non-hydrogen) atoms. The average Bonchev–Trinajstić information content (AvgIpc) is 2.56. The van der Waals surface area contributed by atoms with Gasteiger partial charge in [0, 0.05) is 23.1 Å². The van der Waals surface area contributed by atoms with Gasteiger partial charge in [-0.3, -0.25) is 4.90 Å². The summed E-state index contributed by atoms with van der Waals surface area (Å²) in [5.41, 5.74) is 0.798. The molecule has 1 atom stereocenters. The number of nitrogens with zero attached hydrogens (tertiary/aromatic N) is 1. The molecular formula is C12H15BrFN. The zero-order valence-electron chi connectivity index (χ0n) is 8.84. The molecule has 0 bridgehead atoms. The molecule has 1 nitrogen and oxygen atoms in total. The summed E-state index contributed by atoms with van der Waals surface area (Å²) in [4.78, 5) is 2.32. The lowest BCUT2D eigenvalue weighted by molar-refractivity contribution is 0.315. The lowest BCUT2D eigenvalue weighted by atomic mass is 10.2. The second-order valence-corrected chi connectivity index (χ2v) is 5.28. The van der Waals surface area contributed by atoms with E-state index >= 15 is 0 Å². The number of rotatable bonds is 2. The van der Waals surface area contributed by atoms with Crippen LogP contribution >= 0.6 is 15.9 Å². The molecule has 1 unspecified atom stereocenters. The van der Waals surface area contributed by atoms with Gasteiger partial charge in [0.1, 0.15) is 5.82 Å². The molecule has 0 spiro atoms. The molecular weight excluding hydrogens is 257 g/mol. The molecule has 2 rings (SSSR count). The number of benzene rings is 1.